The summed E-state index contributed by atoms with van der Waals surface area (Å²) in [7, 11) is 0. The highest BCUT2D eigenvalue weighted by Gasteiger charge is 2.16. The van der Waals surface area contributed by atoms with Crippen molar-refractivity contribution in [3.8, 4) is 5.75 Å². The Morgan fingerprint density at radius 2 is 1.61 bits per heavy atom. The van der Waals surface area contributed by atoms with Crippen molar-refractivity contribution in [3.63, 3.8) is 0 Å². The van der Waals surface area contributed by atoms with Crippen LogP contribution in [-0.4, -0.2) is 19.2 Å². The molecule has 0 spiro atoms. The van der Waals surface area contributed by atoms with Gasteiger partial charge in [0.25, 0.3) is 5.56 Å². The summed E-state index contributed by atoms with van der Waals surface area (Å²) in [6, 6.07) is 25.9. The summed E-state index contributed by atoms with van der Waals surface area (Å²) in [5.41, 5.74) is 3.06. The lowest BCUT2D eigenvalue weighted by Gasteiger charge is -2.12. The fourth-order valence-corrected chi connectivity index (χ4v) is 3.94. The molecule has 5 rings (SSSR count). The van der Waals surface area contributed by atoms with E-state index in [1.165, 1.54) is 5.56 Å². The fraction of sp³-hybridized carbons (Fsp3) is 0.160. The lowest BCUT2D eigenvalue weighted by Crippen LogP contribution is -2.22. The van der Waals surface area contributed by atoms with Gasteiger partial charge in [-0.05, 0) is 36.2 Å². The van der Waals surface area contributed by atoms with E-state index in [1.807, 2.05) is 72.0 Å². The Morgan fingerprint density at radius 1 is 0.871 bits per heavy atom. The van der Waals surface area contributed by atoms with Gasteiger partial charge < -0.3 is 4.74 Å². The monoisotopic (exact) mass is 410 g/mol. The highest BCUT2D eigenvalue weighted by Crippen LogP contribution is 2.23. The number of fused-ring (bicyclic) bond motifs is 3. The summed E-state index contributed by atoms with van der Waals surface area (Å²) in [5.74, 6) is 2.00. The quantitative estimate of drug-likeness (QED) is 0.420. The smallest absolute Gasteiger partial charge is 0.262 e. The van der Waals surface area contributed by atoms with Gasteiger partial charge in [0.2, 0.25) is 5.78 Å². The number of benzene rings is 3. The number of hydrogen-bond acceptors (Lipinski definition) is 4. The summed E-state index contributed by atoms with van der Waals surface area (Å²) in [4.78, 5) is 12.8. The van der Waals surface area contributed by atoms with Gasteiger partial charge in [-0.1, -0.05) is 60.7 Å². The molecule has 2 heterocycles. The average molecular weight is 410 g/mol. The van der Waals surface area contributed by atoms with Crippen LogP contribution < -0.4 is 10.3 Å². The lowest BCUT2D eigenvalue weighted by molar-refractivity contribution is 0.292. The van der Waals surface area contributed by atoms with Crippen LogP contribution in [0.4, 0.5) is 0 Å². The van der Waals surface area contributed by atoms with E-state index in [2.05, 4.69) is 28.4 Å². The zero-order valence-corrected chi connectivity index (χ0v) is 17.2. The Morgan fingerprint density at radius 3 is 2.45 bits per heavy atom. The fourth-order valence-electron chi connectivity index (χ4n) is 3.94. The highest BCUT2D eigenvalue weighted by atomic mass is 16.5. The van der Waals surface area contributed by atoms with Crippen LogP contribution in [0.3, 0.4) is 0 Å². The normalized spacial score (nSPS) is 11.3. The number of hydrogen-bond donors (Lipinski definition) is 0. The SMILES string of the molecule is CCn1c(=O)c2ccccc2n2c(COc3ccccc3Cc3ccccc3)nnc12. The van der Waals surface area contributed by atoms with Gasteiger partial charge in [-0.25, -0.2) is 0 Å². The first-order chi connectivity index (χ1) is 15.3. The Bertz CT molecular complexity index is 1420. The second kappa shape index (κ2) is 8.07. The van der Waals surface area contributed by atoms with Gasteiger partial charge in [0.05, 0.1) is 10.9 Å². The van der Waals surface area contributed by atoms with Gasteiger partial charge in [-0.2, -0.15) is 0 Å². The molecule has 0 saturated carbocycles. The molecule has 0 amide bonds. The second-order valence-corrected chi connectivity index (χ2v) is 7.38. The summed E-state index contributed by atoms with van der Waals surface area (Å²) in [6.45, 7) is 2.70. The molecular weight excluding hydrogens is 388 g/mol. The van der Waals surface area contributed by atoms with Crippen molar-refractivity contribution >= 4 is 16.7 Å². The van der Waals surface area contributed by atoms with Gasteiger partial charge in [-0.15, -0.1) is 10.2 Å². The first kappa shape index (κ1) is 19.1. The molecule has 0 bridgehead atoms. The molecule has 0 atom stereocenters. The van der Waals surface area contributed by atoms with Crippen LogP contribution in [0.2, 0.25) is 0 Å². The number of nitrogens with zero attached hydrogens (tertiary/aromatic N) is 4. The van der Waals surface area contributed by atoms with Crippen molar-refractivity contribution in [3.05, 3.63) is 106 Å². The van der Waals surface area contributed by atoms with Crippen LogP contribution >= 0.6 is 0 Å². The van der Waals surface area contributed by atoms with Crippen molar-refractivity contribution in [1.82, 2.24) is 19.2 Å². The third-order valence-electron chi connectivity index (χ3n) is 5.46. The minimum absolute atomic E-state index is 0.0568. The standard InChI is InChI=1S/C25H22N4O2/c1-2-28-24(30)20-13-7-8-14-21(20)29-23(26-27-25(28)29)17-31-22-15-9-6-12-19(22)16-18-10-4-3-5-11-18/h3-15H,2,16-17H2,1H3. The predicted octanol–water partition coefficient (Wildman–Crippen LogP) is 4.23. The van der Waals surface area contributed by atoms with E-state index >= 15 is 0 Å². The largest absolute Gasteiger partial charge is 0.485 e. The van der Waals surface area contributed by atoms with Crippen molar-refractivity contribution in [2.24, 2.45) is 0 Å². The third kappa shape index (κ3) is 3.46. The van der Waals surface area contributed by atoms with E-state index in [1.54, 1.807) is 4.57 Å². The van der Waals surface area contributed by atoms with Crippen LogP contribution in [0.5, 0.6) is 5.75 Å². The summed E-state index contributed by atoms with van der Waals surface area (Å²) < 4.78 is 9.76. The molecule has 0 saturated heterocycles. The van der Waals surface area contributed by atoms with E-state index in [9.17, 15) is 4.79 Å². The van der Waals surface area contributed by atoms with Gasteiger partial charge in [0, 0.05) is 13.0 Å². The molecule has 31 heavy (non-hydrogen) atoms. The van der Waals surface area contributed by atoms with Crippen molar-refractivity contribution in [1.29, 1.82) is 0 Å². The van der Waals surface area contributed by atoms with E-state index in [0.717, 1.165) is 23.3 Å². The minimum Gasteiger partial charge on any atom is -0.485 e. The Kier molecular flexibility index (Phi) is 4.96. The zero-order chi connectivity index (χ0) is 21.2. The molecule has 5 aromatic rings. The molecule has 0 aliphatic heterocycles. The van der Waals surface area contributed by atoms with Crippen LogP contribution in [0, 0.1) is 0 Å². The number of para-hydroxylation sites is 2. The van der Waals surface area contributed by atoms with Gasteiger partial charge >= 0.3 is 0 Å². The maximum Gasteiger partial charge on any atom is 0.262 e. The molecule has 6 nitrogen and oxygen atoms in total. The molecule has 0 fully saturated rings. The first-order valence-corrected chi connectivity index (χ1v) is 10.4. The van der Waals surface area contributed by atoms with Crippen LogP contribution in [-0.2, 0) is 19.6 Å². The molecule has 3 aromatic carbocycles. The molecule has 0 unspecified atom stereocenters. The predicted molar refractivity (Wildman–Crippen MR) is 120 cm³/mol. The summed E-state index contributed by atoms with van der Waals surface area (Å²) >= 11 is 0. The molecule has 0 radical (unpaired) electrons. The maximum atomic E-state index is 12.8. The Balaban J connectivity index is 1.52. The lowest BCUT2D eigenvalue weighted by atomic mass is 10.0. The summed E-state index contributed by atoms with van der Waals surface area (Å²) in [5, 5.41) is 9.29. The molecule has 154 valence electrons. The first-order valence-electron chi connectivity index (χ1n) is 10.4. The van der Waals surface area contributed by atoms with Gasteiger partial charge in [0.15, 0.2) is 5.82 Å². The summed E-state index contributed by atoms with van der Waals surface area (Å²) in [6.07, 6.45) is 0.788. The van der Waals surface area contributed by atoms with E-state index in [0.29, 0.717) is 23.5 Å². The second-order valence-electron chi connectivity index (χ2n) is 7.38. The Labute approximate surface area is 179 Å². The van der Waals surface area contributed by atoms with Crippen molar-refractivity contribution in [2.75, 3.05) is 0 Å². The third-order valence-corrected chi connectivity index (χ3v) is 5.46. The molecular formula is C25H22N4O2. The molecule has 0 aliphatic rings. The molecule has 0 N–H and O–H groups in total. The van der Waals surface area contributed by atoms with Crippen LogP contribution in [0.1, 0.15) is 23.9 Å². The van der Waals surface area contributed by atoms with Crippen LogP contribution in [0.25, 0.3) is 16.7 Å². The van der Waals surface area contributed by atoms with Crippen molar-refractivity contribution < 1.29 is 4.74 Å². The number of aryl methyl sites for hydroxylation is 1. The average Bonchev–Trinajstić information content (AvgIpc) is 3.23. The number of ether oxygens (including phenoxy) is 1. The number of aromatic nitrogens is 4. The topological polar surface area (TPSA) is 61.4 Å². The maximum absolute atomic E-state index is 12.8. The minimum atomic E-state index is -0.0568. The van der Waals surface area contributed by atoms with Gasteiger partial charge in [0.1, 0.15) is 12.4 Å². The van der Waals surface area contributed by atoms with Gasteiger partial charge in [-0.3, -0.25) is 13.8 Å². The molecule has 0 aliphatic carbocycles. The zero-order valence-electron chi connectivity index (χ0n) is 17.2. The van der Waals surface area contributed by atoms with Crippen LogP contribution in [0.15, 0.2) is 83.7 Å². The molecule has 6 heteroatoms. The number of rotatable bonds is 6. The van der Waals surface area contributed by atoms with E-state index < -0.39 is 0 Å². The van der Waals surface area contributed by atoms with E-state index in [4.69, 9.17) is 4.74 Å². The molecule has 2 aromatic heterocycles. The highest BCUT2D eigenvalue weighted by molar-refractivity contribution is 5.80. The van der Waals surface area contributed by atoms with E-state index in [-0.39, 0.29) is 12.2 Å². The van der Waals surface area contributed by atoms with Crippen molar-refractivity contribution in [2.45, 2.75) is 26.5 Å². The Hall–Kier alpha value is -3.93.